The van der Waals surface area contributed by atoms with E-state index in [1.165, 1.54) is 315 Å². The van der Waals surface area contributed by atoms with Gasteiger partial charge in [0.25, 0.3) is 0 Å². The molecule has 0 aliphatic heterocycles. The number of unbranched alkanes of at least 4 members (excludes halogenated alkanes) is 52. The third-order valence-corrected chi connectivity index (χ3v) is 15.9. The number of hydrogen-bond donors (Lipinski definition) is 3. The molecule has 0 aliphatic carbocycles. The van der Waals surface area contributed by atoms with Gasteiger partial charge in [-0.05, 0) is 25.7 Å². The number of esters is 1. The van der Waals surface area contributed by atoms with Crippen LogP contribution in [-0.4, -0.2) is 47.4 Å². The van der Waals surface area contributed by atoms with E-state index in [-0.39, 0.29) is 18.5 Å². The summed E-state index contributed by atoms with van der Waals surface area (Å²) in [5, 5.41) is 23.1. The fourth-order valence-corrected chi connectivity index (χ4v) is 10.8. The van der Waals surface area contributed by atoms with Crippen LogP contribution in [0.5, 0.6) is 0 Å². The van der Waals surface area contributed by atoms with Gasteiger partial charge in [-0.25, -0.2) is 0 Å². The Labute approximate surface area is 451 Å². The average molecular weight is 1020 g/mol. The molecule has 0 aromatic carbocycles. The molecule has 0 radical (unpaired) electrons. The van der Waals surface area contributed by atoms with Crippen LogP contribution in [0.2, 0.25) is 0 Å². The number of hydrogen-bond acceptors (Lipinski definition) is 5. The first-order valence-corrected chi connectivity index (χ1v) is 33.3. The number of rotatable bonds is 63. The lowest BCUT2D eigenvalue weighted by molar-refractivity contribution is -0.143. The van der Waals surface area contributed by atoms with Crippen molar-refractivity contribution in [3.8, 4) is 0 Å². The van der Waals surface area contributed by atoms with Gasteiger partial charge < -0.3 is 20.3 Å². The molecule has 0 fully saturated rings. The standard InChI is InChI=1S/C66H131NO5/c1-3-5-7-9-11-13-14-15-16-34-37-40-44-48-52-56-60-66(71)72-61-57-53-49-45-41-38-35-32-30-28-26-24-22-20-18-17-19-21-23-25-27-29-31-33-36-39-43-47-51-55-59-65(70)67-63(62-68)64(69)58-54-50-46-42-12-10-8-6-4-2/h63-64,68-69H,3-62H2,1-2H3,(H,67,70). The fraction of sp³-hybridized carbons (Fsp3) is 0.970. The molecule has 0 heterocycles. The molecule has 0 aliphatic rings. The molecule has 0 aromatic heterocycles. The van der Waals surface area contributed by atoms with Gasteiger partial charge in [0.15, 0.2) is 0 Å². The lowest BCUT2D eigenvalue weighted by Gasteiger charge is -2.22. The Morgan fingerprint density at radius 3 is 0.847 bits per heavy atom. The Morgan fingerprint density at radius 1 is 0.333 bits per heavy atom. The van der Waals surface area contributed by atoms with E-state index in [0.717, 1.165) is 38.5 Å². The van der Waals surface area contributed by atoms with Crippen LogP contribution < -0.4 is 5.32 Å². The highest BCUT2D eigenvalue weighted by Gasteiger charge is 2.20. The molecule has 0 saturated heterocycles. The molecule has 2 unspecified atom stereocenters. The van der Waals surface area contributed by atoms with Crippen LogP contribution in [0.1, 0.15) is 386 Å². The highest BCUT2D eigenvalue weighted by Crippen LogP contribution is 2.19. The van der Waals surface area contributed by atoms with E-state index in [4.69, 9.17) is 4.74 Å². The van der Waals surface area contributed by atoms with Crippen molar-refractivity contribution in [3.05, 3.63) is 0 Å². The summed E-state index contributed by atoms with van der Waals surface area (Å²) >= 11 is 0. The topological polar surface area (TPSA) is 95.9 Å². The summed E-state index contributed by atoms with van der Waals surface area (Å²) in [7, 11) is 0. The van der Waals surface area contributed by atoms with Crippen LogP contribution in [-0.2, 0) is 14.3 Å². The van der Waals surface area contributed by atoms with Crippen LogP contribution in [0.3, 0.4) is 0 Å². The molecular formula is C66H131NO5. The quantitative estimate of drug-likeness (QED) is 0.0417. The minimum atomic E-state index is -0.658. The molecule has 0 aromatic rings. The summed E-state index contributed by atoms with van der Waals surface area (Å²) in [6, 6.07) is -0.535. The van der Waals surface area contributed by atoms with Crippen molar-refractivity contribution >= 4 is 11.9 Å². The Kier molecular flexibility index (Phi) is 61.4. The zero-order valence-corrected chi connectivity index (χ0v) is 49.2. The lowest BCUT2D eigenvalue weighted by Crippen LogP contribution is -2.45. The van der Waals surface area contributed by atoms with E-state index in [0.29, 0.717) is 25.9 Å². The minimum Gasteiger partial charge on any atom is -0.466 e. The molecule has 1 amide bonds. The van der Waals surface area contributed by atoms with Crippen LogP contribution in [0.25, 0.3) is 0 Å². The van der Waals surface area contributed by atoms with Crippen molar-refractivity contribution in [1.29, 1.82) is 0 Å². The van der Waals surface area contributed by atoms with Gasteiger partial charge >= 0.3 is 5.97 Å². The first-order chi connectivity index (χ1) is 35.5. The number of nitrogens with one attached hydrogen (secondary N) is 1. The van der Waals surface area contributed by atoms with Gasteiger partial charge in [-0.2, -0.15) is 0 Å². The molecule has 6 nitrogen and oxygen atoms in total. The van der Waals surface area contributed by atoms with Gasteiger partial charge in [-0.1, -0.05) is 348 Å². The summed E-state index contributed by atoms with van der Waals surface area (Å²) in [6.07, 6.45) is 74.4. The Balaban J connectivity index is 3.27. The molecule has 0 saturated carbocycles. The molecule has 3 N–H and O–H groups in total. The molecule has 0 bridgehead atoms. The van der Waals surface area contributed by atoms with Crippen molar-refractivity contribution in [2.24, 2.45) is 0 Å². The van der Waals surface area contributed by atoms with Crippen LogP contribution >= 0.6 is 0 Å². The molecule has 0 spiro atoms. The lowest BCUT2D eigenvalue weighted by atomic mass is 10.0. The monoisotopic (exact) mass is 1020 g/mol. The fourth-order valence-electron chi connectivity index (χ4n) is 10.8. The van der Waals surface area contributed by atoms with Crippen molar-refractivity contribution < 1.29 is 24.5 Å². The summed E-state index contributed by atoms with van der Waals surface area (Å²) in [6.45, 7) is 4.97. The molecule has 72 heavy (non-hydrogen) atoms. The predicted octanol–water partition coefficient (Wildman–Crippen LogP) is 21.0. The second kappa shape index (κ2) is 62.4. The predicted molar refractivity (Wildman–Crippen MR) is 315 cm³/mol. The van der Waals surface area contributed by atoms with Crippen molar-refractivity contribution in [2.75, 3.05) is 13.2 Å². The van der Waals surface area contributed by atoms with Gasteiger partial charge in [0, 0.05) is 12.8 Å². The molecular weight excluding hydrogens is 887 g/mol. The van der Waals surface area contributed by atoms with E-state index in [9.17, 15) is 19.8 Å². The van der Waals surface area contributed by atoms with E-state index < -0.39 is 12.1 Å². The first-order valence-electron chi connectivity index (χ1n) is 33.3. The number of aliphatic hydroxyl groups is 2. The van der Waals surface area contributed by atoms with Gasteiger partial charge in [0.05, 0.1) is 25.4 Å². The maximum Gasteiger partial charge on any atom is 0.305 e. The number of carbonyl (C=O) groups excluding carboxylic acids is 2. The SMILES string of the molecule is CCCCCCCCCCCCCCCCCCC(=O)OCCCCCCCCCCCCCCCCCCCCCCCCCCCCCCCCC(=O)NC(CO)C(O)CCCCCCCCCCC. The Hall–Kier alpha value is -1.14. The maximum absolute atomic E-state index is 12.4. The Bertz CT molecular complexity index is 1040. The second-order valence-electron chi connectivity index (χ2n) is 23.2. The number of amides is 1. The van der Waals surface area contributed by atoms with E-state index in [2.05, 4.69) is 19.2 Å². The maximum atomic E-state index is 12.4. The molecule has 430 valence electrons. The second-order valence-corrected chi connectivity index (χ2v) is 23.2. The van der Waals surface area contributed by atoms with Crippen LogP contribution in [0, 0.1) is 0 Å². The summed E-state index contributed by atoms with van der Waals surface area (Å²) in [5.41, 5.74) is 0. The van der Waals surface area contributed by atoms with Gasteiger partial charge in [0.2, 0.25) is 5.91 Å². The third kappa shape index (κ3) is 58.1. The van der Waals surface area contributed by atoms with E-state index >= 15 is 0 Å². The average Bonchev–Trinajstić information content (AvgIpc) is 3.38. The largest absolute Gasteiger partial charge is 0.466 e. The van der Waals surface area contributed by atoms with Gasteiger partial charge in [-0.3, -0.25) is 9.59 Å². The van der Waals surface area contributed by atoms with Crippen molar-refractivity contribution in [3.63, 3.8) is 0 Å². The molecule has 2 atom stereocenters. The summed E-state index contributed by atoms with van der Waals surface area (Å²) in [4.78, 5) is 24.5. The molecule has 0 rings (SSSR count). The normalized spacial score (nSPS) is 12.4. The highest BCUT2D eigenvalue weighted by atomic mass is 16.5. The minimum absolute atomic E-state index is 0.0244. The summed E-state index contributed by atoms with van der Waals surface area (Å²) in [5.74, 6) is -0.00681. The van der Waals surface area contributed by atoms with Crippen molar-refractivity contribution in [2.45, 2.75) is 398 Å². The van der Waals surface area contributed by atoms with E-state index in [1.807, 2.05) is 0 Å². The summed E-state index contributed by atoms with van der Waals surface area (Å²) < 4.78 is 5.50. The van der Waals surface area contributed by atoms with Gasteiger partial charge in [0.1, 0.15) is 0 Å². The number of ether oxygens (including phenoxy) is 1. The van der Waals surface area contributed by atoms with Crippen LogP contribution in [0.4, 0.5) is 0 Å². The first kappa shape index (κ1) is 70.9. The Morgan fingerprint density at radius 2 is 0.569 bits per heavy atom. The number of aliphatic hydroxyl groups excluding tert-OH is 2. The highest BCUT2D eigenvalue weighted by molar-refractivity contribution is 5.76. The smallest absolute Gasteiger partial charge is 0.305 e. The van der Waals surface area contributed by atoms with Gasteiger partial charge in [-0.15, -0.1) is 0 Å². The zero-order valence-electron chi connectivity index (χ0n) is 49.2. The number of carbonyl (C=O) groups is 2. The molecule has 6 heteroatoms. The van der Waals surface area contributed by atoms with Crippen LogP contribution in [0.15, 0.2) is 0 Å². The zero-order chi connectivity index (χ0) is 52.2. The van der Waals surface area contributed by atoms with E-state index in [1.54, 1.807) is 0 Å². The van der Waals surface area contributed by atoms with Crippen molar-refractivity contribution in [1.82, 2.24) is 5.32 Å². The third-order valence-electron chi connectivity index (χ3n) is 15.9.